The van der Waals surface area contributed by atoms with E-state index in [-0.39, 0.29) is 30.5 Å². The highest BCUT2D eigenvalue weighted by Crippen LogP contribution is 2.37. The zero-order valence-corrected chi connectivity index (χ0v) is 19.1. The van der Waals surface area contributed by atoms with Gasteiger partial charge in [0.05, 0.1) is 17.1 Å². The molecule has 33 heavy (non-hydrogen) atoms. The van der Waals surface area contributed by atoms with Crippen LogP contribution in [0, 0.1) is 24.1 Å². The van der Waals surface area contributed by atoms with E-state index in [0.717, 1.165) is 47.6 Å². The Hall–Kier alpha value is -3.11. The largest absolute Gasteiger partial charge is 0.481 e. The van der Waals surface area contributed by atoms with Gasteiger partial charge < -0.3 is 19.9 Å². The summed E-state index contributed by atoms with van der Waals surface area (Å²) in [6.07, 6.45) is 7.94. The van der Waals surface area contributed by atoms with E-state index in [0.29, 0.717) is 24.6 Å². The number of hydrogen-bond acceptors (Lipinski definition) is 3. The van der Waals surface area contributed by atoms with Crippen molar-refractivity contribution >= 4 is 23.2 Å². The molecule has 0 radical (unpaired) electrons. The molecule has 3 fully saturated rings. The minimum atomic E-state index is -0.307. The molecule has 4 aliphatic heterocycles. The lowest BCUT2D eigenvalue weighted by atomic mass is 9.84. The van der Waals surface area contributed by atoms with Crippen LogP contribution < -0.4 is 10.1 Å². The quantitative estimate of drug-likeness (QED) is 0.552. The molecule has 0 aliphatic carbocycles. The first kappa shape index (κ1) is 21.7. The highest BCUT2D eigenvalue weighted by atomic mass is 32.1. The minimum Gasteiger partial charge on any atom is -0.481 e. The molecule has 6 rings (SSSR count). The van der Waals surface area contributed by atoms with Crippen molar-refractivity contribution < 1.29 is 13.9 Å². The van der Waals surface area contributed by atoms with Gasteiger partial charge in [0.1, 0.15) is 18.2 Å². The van der Waals surface area contributed by atoms with E-state index < -0.39 is 0 Å². The molecule has 5 nitrogen and oxygen atoms in total. The number of rotatable bonds is 4. The van der Waals surface area contributed by atoms with Crippen LogP contribution in [0.15, 0.2) is 42.5 Å². The van der Waals surface area contributed by atoms with Crippen molar-refractivity contribution in [2.45, 2.75) is 31.3 Å². The fourth-order valence-corrected chi connectivity index (χ4v) is 5.65. The van der Waals surface area contributed by atoms with Crippen LogP contribution in [-0.4, -0.2) is 53.1 Å². The van der Waals surface area contributed by atoms with Crippen molar-refractivity contribution in [1.29, 1.82) is 0 Å². The third-order valence-corrected chi connectivity index (χ3v) is 7.39. The van der Waals surface area contributed by atoms with Crippen molar-refractivity contribution in [2.75, 3.05) is 26.2 Å². The number of amides is 2. The maximum Gasteiger partial charge on any atom is 0.318 e. The summed E-state index contributed by atoms with van der Waals surface area (Å²) in [5, 5.41) is 3.29. The summed E-state index contributed by atoms with van der Waals surface area (Å²) in [5.74, 6) is 3.29. The number of halogens is 1. The van der Waals surface area contributed by atoms with Crippen molar-refractivity contribution in [1.82, 2.24) is 15.1 Å². The third kappa shape index (κ3) is 4.28. The predicted molar refractivity (Wildman–Crippen MR) is 129 cm³/mol. The van der Waals surface area contributed by atoms with Crippen LogP contribution in [-0.2, 0) is 6.42 Å². The van der Waals surface area contributed by atoms with Gasteiger partial charge in [-0.05, 0) is 59.7 Å². The van der Waals surface area contributed by atoms with Crippen molar-refractivity contribution in [3.05, 3.63) is 65.0 Å². The smallest absolute Gasteiger partial charge is 0.318 e. The minimum absolute atomic E-state index is 0.0905. The van der Waals surface area contributed by atoms with E-state index in [1.54, 1.807) is 12.1 Å². The number of terminal acetylenes is 1. The Morgan fingerprint density at radius 3 is 2.76 bits per heavy atom. The third-order valence-electron chi connectivity index (χ3n) is 6.97. The van der Waals surface area contributed by atoms with Gasteiger partial charge in [0.15, 0.2) is 0 Å². The Kier molecular flexibility index (Phi) is 5.94. The topological polar surface area (TPSA) is 44.8 Å². The Bertz CT molecular complexity index is 1110. The molecule has 0 spiro atoms. The molecule has 2 aromatic rings. The zero-order valence-electron chi connectivity index (χ0n) is 18.3. The molecule has 2 bridgehead atoms. The lowest BCUT2D eigenvalue weighted by molar-refractivity contribution is 0.142. The highest BCUT2D eigenvalue weighted by Gasteiger charge is 2.40. The van der Waals surface area contributed by atoms with Crippen LogP contribution in [0.1, 0.15) is 35.6 Å². The first-order chi connectivity index (χ1) is 16.0. The van der Waals surface area contributed by atoms with Gasteiger partial charge in [-0.2, -0.15) is 0 Å². The molecule has 170 valence electrons. The first-order valence-corrected chi connectivity index (χ1v) is 11.7. The lowest BCUT2D eigenvalue weighted by Crippen LogP contribution is -2.61. The normalized spacial score (nSPS) is 23.6. The van der Waals surface area contributed by atoms with Gasteiger partial charge in [-0.3, -0.25) is 0 Å². The van der Waals surface area contributed by atoms with Crippen molar-refractivity contribution in [2.24, 2.45) is 5.92 Å². The second-order valence-electron chi connectivity index (χ2n) is 8.90. The molecular formula is C26H26FN3O2S. The summed E-state index contributed by atoms with van der Waals surface area (Å²) in [5.41, 5.74) is 3.00. The summed E-state index contributed by atoms with van der Waals surface area (Å²) in [4.78, 5) is 18.6. The molecule has 1 N–H and O–H groups in total. The number of ether oxygens (including phenoxy) is 1. The fraction of sp³-hybridized carbons (Fsp3) is 0.385. The molecule has 3 saturated heterocycles. The van der Waals surface area contributed by atoms with Gasteiger partial charge in [0, 0.05) is 26.1 Å². The van der Waals surface area contributed by atoms with Gasteiger partial charge in [-0.25, -0.2) is 9.18 Å². The molecule has 2 amide bonds. The summed E-state index contributed by atoms with van der Waals surface area (Å²) in [6.45, 7) is 2.52. The summed E-state index contributed by atoms with van der Waals surface area (Å²) >= 11 is 5.47. The Balaban J connectivity index is 1.42. The Morgan fingerprint density at radius 1 is 1.24 bits per heavy atom. The van der Waals surface area contributed by atoms with E-state index in [2.05, 4.69) is 16.1 Å². The highest BCUT2D eigenvalue weighted by molar-refractivity contribution is 7.80. The van der Waals surface area contributed by atoms with E-state index in [9.17, 15) is 9.18 Å². The molecule has 0 saturated carbocycles. The standard InChI is InChI=1S/C26H26FN3O2S/c1-2-13-32-21-7-8-22-18(14-21)10-12-30(25(22)17-3-5-20(27)6-4-17)26(31)28-23-16-29-11-9-19(23)15-24(29)33/h1,3-8,14,19,23,25H,9-13,15-16H2,(H,28,31)/t19?,23-,25+/m1/s1. The number of benzene rings is 2. The number of piperidine rings is 3. The van der Waals surface area contributed by atoms with E-state index in [1.807, 2.05) is 23.1 Å². The second-order valence-corrected chi connectivity index (χ2v) is 9.37. The predicted octanol–water partition coefficient (Wildman–Crippen LogP) is 3.92. The zero-order chi connectivity index (χ0) is 22.9. The molecule has 4 heterocycles. The fourth-order valence-electron chi connectivity index (χ4n) is 5.27. The first-order valence-electron chi connectivity index (χ1n) is 11.3. The number of urea groups is 1. The van der Waals surface area contributed by atoms with Gasteiger partial charge in [-0.1, -0.05) is 36.3 Å². The lowest BCUT2D eigenvalue weighted by Gasteiger charge is -2.47. The second kappa shape index (κ2) is 9.03. The number of thiocarbonyl (C=S) groups is 1. The molecular weight excluding hydrogens is 437 g/mol. The van der Waals surface area contributed by atoms with Gasteiger partial charge in [-0.15, -0.1) is 6.42 Å². The van der Waals surface area contributed by atoms with Crippen molar-refractivity contribution in [3.8, 4) is 18.1 Å². The maximum absolute atomic E-state index is 13.7. The number of nitrogens with zero attached hydrogens (tertiary/aromatic N) is 2. The molecule has 1 unspecified atom stereocenters. The van der Waals surface area contributed by atoms with Gasteiger partial charge in [0.25, 0.3) is 0 Å². The average Bonchev–Trinajstić information content (AvgIpc) is 2.83. The monoisotopic (exact) mass is 463 g/mol. The Morgan fingerprint density at radius 2 is 2.06 bits per heavy atom. The van der Waals surface area contributed by atoms with Gasteiger partial charge in [0.2, 0.25) is 0 Å². The number of carbonyl (C=O) groups is 1. The average molecular weight is 464 g/mol. The van der Waals surface area contributed by atoms with Gasteiger partial charge >= 0.3 is 6.03 Å². The number of nitrogens with one attached hydrogen (secondary N) is 1. The number of fused-ring (bicyclic) bond motifs is 4. The van der Waals surface area contributed by atoms with Crippen LogP contribution in [0.4, 0.5) is 9.18 Å². The van der Waals surface area contributed by atoms with E-state index >= 15 is 0 Å². The number of carbonyl (C=O) groups excluding carboxylic acids is 1. The van der Waals surface area contributed by atoms with E-state index in [1.165, 1.54) is 12.1 Å². The SMILES string of the molecule is C#CCOc1ccc2c(c1)CCN(C(=O)N[C@@H]1CN3CCC1CC3=S)[C@H]2c1ccc(F)cc1. The van der Waals surface area contributed by atoms with Crippen molar-refractivity contribution in [3.63, 3.8) is 0 Å². The summed E-state index contributed by atoms with van der Waals surface area (Å²) < 4.78 is 19.3. The van der Waals surface area contributed by atoms with Crippen LogP contribution in [0.3, 0.4) is 0 Å². The number of hydrogen-bond donors (Lipinski definition) is 1. The molecule has 2 aromatic carbocycles. The van der Waals surface area contributed by atoms with Crippen LogP contribution in [0.2, 0.25) is 0 Å². The van der Waals surface area contributed by atoms with Crippen LogP contribution in [0.25, 0.3) is 0 Å². The molecule has 7 heteroatoms. The van der Waals surface area contributed by atoms with Crippen LogP contribution >= 0.6 is 12.2 Å². The van der Waals surface area contributed by atoms with Crippen LogP contribution in [0.5, 0.6) is 5.75 Å². The molecule has 0 aromatic heterocycles. The molecule has 4 aliphatic rings. The summed E-state index contributed by atoms with van der Waals surface area (Å²) in [6, 6.07) is 11.9. The summed E-state index contributed by atoms with van der Waals surface area (Å²) in [7, 11) is 0. The van der Waals surface area contributed by atoms with E-state index in [4.69, 9.17) is 23.4 Å². The maximum atomic E-state index is 13.7. The Labute approximate surface area is 198 Å². The molecule has 3 atom stereocenters.